The van der Waals surface area contributed by atoms with Crippen LogP contribution in [0.2, 0.25) is 0 Å². The van der Waals surface area contributed by atoms with Crippen molar-refractivity contribution in [1.82, 2.24) is 4.90 Å². The van der Waals surface area contributed by atoms with Gasteiger partial charge in [-0.05, 0) is 18.3 Å². The maximum Gasteiger partial charge on any atom is 0.226 e. The average molecular weight is 193 g/mol. The lowest BCUT2D eigenvalue weighted by Gasteiger charge is -2.25. The minimum absolute atomic E-state index is 0.0834. The molecule has 2 aliphatic carbocycles. The Labute approximate surface area is 83.8 Å². The Hall–Kier alpha value is -1.12. The third kappa shape index (κ3) is 1.19. The van der Waals surface area contributed by atoms with Gasteiger partial charge < -0.3 is 9.69 Å². The highest BCUT2D eigenvalue weighted by Gasteiger charge is 2.48. The Morgan fingerprint density at radius 1 is 1.36 bits per heavy atom. The van der Waals surface area contributed by atoms with Gasteiger partial charge in [-0.3, -0.25) is 4.79 Å². The first kappa shape index (κ1) is 9.44. The zero-order chi connectivity index (χ0) is 10.3. The molecule has 0 spiro atoms. The van der Waals surface area contributed by atoms with E-state index in [1.807, 2.05) is 0 Å². The second-order valence-electron chi connectivity index (χ2n) is 4.42. The van der Waals surface area contributed by atoms with E-state index in [1.54, 1.807) is 19.0 Å². The summed E-state index contributed by atoms with van der Waals surface area (Å²) in [6.07, 6.45) is 6.12. The second-order valence-corrected chi connectivity index (χ2v) is 4.42. The van der Waals surface area contributed by atoms with E-state index in [-0.39, 0.29) is 17.7 Å². The Bertz CT molecular complexity index is 296. The molecule has 0 heterocycles. The number of allylic oxidation sites excluding steroid dienone is 2. The van der Waals surface area contributed by atoms with Crippen molar-refractivity contribution in [3.63, 3.8) is 0 Å². The second kappa shape index (κ2) is 3.23. The molecule has 0 radical (unpaired) electrons. The molecule has 0 aromatic carbocycles. The van der Waals surface area contributed by atoms with Crippen molar-refractivity contribution in [3.8, 4) is 0 Å². The highest BCUT2D eigenvalue weighted by molar-refractivity contribution is 5.83. The standard InChI is InChI=1S/C11H15NO2/c1-12(2)11(14)10-8-4-3-7(5-8)9(10)6-13/h3-4,6-10H,5H2,1-2H3/t7-,8+,9?,10+/m0/s1. The monoisotopic (exact) mass is 193 g/mol. The quantitative estimate of drug-likeness (QED) is 0.478. The van der Waals surface area contributed by atoms with Gasteiger partial charge in [0.2, 0.25) is 5.91 Å². The number of amides is 1. The number of carbonyl (C=O) groups is 2. The highest BCUT2D eigenvalue weighted by atomic mass is 16.2. The van der Waals surface area contributed by atoms with E-state index in [0.717, 1.165) is 12.7 Å². The predicted octanol–water partition coefficient (Wildman–Crippen LogP) is 0.712. The normalized spacial score (nSPS) is 38.7. The molecular weight excluding hydrogens is 178 g/mol. The summed E-state index contributed by atoms with van der Waals surface area (Å²) in [7, 11) is 3.50. The number of hydrogen-bond acceptors (Lipinski definition) is 2. The van der Waals surface area contributed by atoms with Gasteiger partial charge in [0.05, 0.1) is 5.92 Å². The van der Waals surface area contributed by atoms with Gasteiger partial charge in [-0.1, -0.05) is 12.2 Å². The van der Waals surface area contributed by atoms with Gasteiger partial charge in [0.15, 0.2) is 0 Å². The van der Waals surface area contributed by atoms with Crippen molar-refractivity contribution in [2.24, 2.45) is 23.7 Å². The van der Waals surface area contributed by atoms with Crippen molar-refractivity contribution in [2.45, 2.75) is 6.42 Å². The molecule has 1 amide bonds. The largest absolute Gasteiger partial charge is 0.349 e. The number of fused-ring (bicyclic) bond motifs is 2. The fraction of sp³-hybridized carbons (Fsp3) is 0.636. The fourth-order valence-electron chi connectivity index (χ4n) is 2.69. The van der Waals surface area contributed by atoms with Crippen LogP contribution in [0.1, 0.15) is 6.42 Å². The molecular formula is C11H15NO2. The summed E-state index contributed by atoms with van der Waals surface area (Å²) in [5.41, 5.74) is 0. The molecule has 2 aliphatic rings. The first-order valence-electron chi connectivity index (χ1n) is 5.00. The molecule has 3 nitrogen and oxygen atoms in total. The molecule has 1 saturated carbocycles. The minimum Gasteiger partial charge on any atom is -0.349 e. The van der Waals surface area contributed by atoms with E-state index in [2.05, 4.69) is 12.2 Å². The van der Waals surface area contributed by atoms with Crippen LogP contribution < -0.4 is 0 Å². The van der Waals surface area contributed by atoms with Crippen molar-refractivity contribution in [1.29, 1.82) is 0 Å². The van der Waals surface area contributed by atoms with Gasteiger partial charge >= 0.3 is 0 Å². The molecule has 1 fully saturated rings. The summed E-state index contributed by atoms with van der Waals surface area (Å²) in [6.45, 7) is 0. The first-order chi connectivity index (χ1) is 6.65. The zero-order valence-corrected chi connectivity index (χ0v) is 8.51. The maximum atomic E-state index is 11.8. The van der Waals surface area contributed by atoms with Crippen LogP contribution in [0.5, 0.6) is 0 Å². The summed E-state index contributed by atoms with van der Waals surface area (Å²) < 4.78 is 0. The van der Waals surface area contributed by atoms with E-state index in [1.165, 1.54) is 0 Å². The highest BCUT2D eigenvalue weighted by Crippen LogP contribution is 2.47. The Morgan fingerprint density at radius 3 is 2.57 bits per heavy atom. The summed E-state index contributed by atoms with van der Waals surface area (Å²) in [4.78, 5) is 24.4. The number of hydrogen-bond donors (Lipinski definition) is 0. The van der Waals surface area contributed by atoms with E-state index >= 15 is 0 Å². The van der Waals surface area contributed by atoms with Crippen molar-refractivity contribution >= 4 is 12.2 Å². The van der Waals surface area contributed by atoms with Gasteiger partial charge in [0.25, 0.3) is 0 Å². The van der Waals surface area contributed by atoms with Crippen LogP contribution >= 0.6 is 0 Å². The van der Waals surface area contributed by atoms with E-state index in [4.69, 9.17) is 0 Å². The molecule has 4 atom stereocenters. The molecule has 0 N–H and O–H groups in total. The van der Waals surface area contributed by atoms with Gasteiger partial charge in [-0.15, -0.1) is 0 Å². The third-order valence-electron chi connectivity index (χ3n) is 3.40. The lowest BCUT2D eigenvalue weighted by atomic mass is 9.83. The van der Waals surface area contributed by atoms with Crippen LogP contribution in [-0.2, 0) is 9.59 Å². The topological polar surface area (TPSA) is 37.4 Å². The van der Waals surface area contributed by atoms with Gasteiger partial charge in [0.1, 0.15) is 6.29 Å². The summed E-state index contributed by atoms with van der Waals surface area (Å²) >= 11 is 0. The molecule has 0 aliphatic heterocycles. The molecule has 76 valence electrons. The van der Waals surface area contributed by atoms with Crippen LogP contribution in [-0.4, -0.2) is 31.2 Å². The van der Waals surface area contributed by atoms with E-state index in [9.17, 15) is 9.59 Å². The molecule has 3 heteroatoms. The van der Waals surface area contributed by atoms with Gasteiger partial charge in [0, 0.05) is 20.0 Å². The fourth-order valence-corrected chi connectivity index (χ4v) is 2.69. The van der Waals surface area contributed by atoms with Crippen LogP contribution in [0.4, 0.5) is 0 Å². The molecule has 0 saturated heterocycles. The van der Waals surface area contributed by atoms with Crippen molar-refractivity contribution in [2.75, 3.05) is 14.1 Å². The molecule has 0 aromatic heterocycles. The Morgan fingerprint density at radius 2 is 2.00 bits per heavy atom. The Kier molecular flexibility index (Phi) is 2.17. The van der Waals surface area contributed by atoms with Crippen LogP contribution in [0.3, 0.4) is 0 Å². The number of nitrogens with zero attached hydrogens (tertiary/aromatic N) is 1. The van der Waals surface area contributed by atoms with Crippen molar-refractivity contribution < 1.29 is 9.59 Å². The SMILES string of the molecule is CN(C)C(=O)[C@H]1C(C=O)[C@H]2C=C[C@@H]1C2. The predicted molar refractivity (Wildman–Crippen MR) is 52.5 cm³/mol. The first-order valence-corrected chi connectivity index (χ1v) is 5.00. The van der Waals surface area contributed by atoms with Gasteiger partial charge in [-0.2, -0.15) is 0 Å². The number of aldehydes is 1. The molecule has 2 rings (SSSR count). The van der Waals surface area contributed by atoms with E-state index in [0.29, 0.717) is 11.8 Å². The maximum absolute atomic E-state index is 11.8. The zero-order valence-electron chi connectivity index (χ0n) is 8.51. The lowest BCUT2D eigenvalue weighted by Crippen LogP contribution is -2.37. The molecule has 0 aromatic rings. The minimum atomic E-state index is -0.0995. The molecule has 2 bridgehead atoms. The third-order valence-corrected chi connectivity index (χ3v) is 3.40. The smallest absolute Gasteiger partial charge is 0.226 e. The number of carbonyl (C=O) groups excluding carboxylic acids is 2. The summed E-state index contributed by atoms with van der Waals surface area (Å²) in [5.74, 6) is 0.521. The average Bonchev–Trinajstić information content (AvgIpc) is 2.74. The molecule has 1 unspecified atom stereocenters. The van der Waals surface area contributed by atoms with Crippen molar-refractivity contribution in [3.05, 3.63) is 12.2 Å². The number of rotatable bonds is 2. The Balaban J connectivity index is 2.23. The lowest BCUT2D eigenvalue weighted by molar-refractivity contribution is -0.137. The van der Waals surface area contributed by atoms with Crippen LogP contribution in [0, 0.1) is 23.7 Å². The molecule has 14 heavy (non-hydrogen) atoms. The van der Waals surface area contributed by atoms with Crippen LogP contribution in [0.25, 0.3) is 0 Å². The van der Waals surface area contributed by atoms with Crippen LogP contribution in [0.15, 0.2) is 12.2 Å². The summed E-state index contributed by atoms with van der Waals surface area (Å²) in [6, 6.07) is 0. The van der Waals surface area contributed by atoms with E-state index < -0.39 is 0 Å². The summed E-state index contributed by atoms with van der Waals surface area (Å²) in [5, 5.41) is 0. The van der Waals surface area contributed by atoms with Gasteiger partial charge in [-0.25, -0.2) is 0 Å².